The number of benzene rings is 3. The Kier molecular flexibility index (Phi) is 9.32. The number of carbonyl (C=O) groups is 2. The normalized spacial score (nSPS) is 13.8. The van der Waals surface area contributed by atoms with Crippen molar-refractivity contribution in [3.8, 4) is 5.75 Å². The van der Waals surface area contributed by atoms with Crippen molar-refractivity contribution in [3.63, 3.8) is 0 Å². The largest absolute Gasteiger partial charge is 0.493 e. The molecule has 1 aliphatic rings. The van der Waals surface area contributed by atoms with Gasteiger partial charge in [0.1, 0.15) is 12.2 Å². The zero-order chi connectivity index (χ0) is 27.2. The maximum absolute atomic E-state index is 11.6. The summed E-state index contributed by atoms with van der Waals surface area (Å²) in [6.45, 7) is 13.0. The quantitative estimate of drug-likeness (QED) is 0.246. The molecule has 1 aliphatic heterocycles. The molecule has 1 radical (unpaired) electrons. The van der Waals surface area contributed by atoms with E-state index in [1.165, 1.54) is 21.3 Å². The van der Waals surface area contributed by atoms with E-state index in [1.54, 1.807) is 19.6 Å². The highest BCUT2D eigenvalue weighted by atomic mass is 32.1. The first-order valence-corrected chi connectivity index (χ1v) is 12.9. The van der Waals surface area contributed by atoms with Crippen molar-refractivity contribution in [1.82, 2.24) is 5.43 Å². The van der Waals surface area contributed by atoms with Gasteiger partial charge in [-0.25, -0.2) is 5.01 Å². The van der Waals surface area contributed by atoms with Gasteiger partial charge in [0.15, 0.2) is 0 Å². The van der Waals surface area contributed by atoms with Gasteiger partial charge in [-0.05, 0) is 70.2 Å². The molecule has 1 N–H and O–H groups in total. The number of ether oxygens (including phenoxy) is 1. The number of hydrogen-bond acceptors (Lipinski definition) is 5. The number of rotatable bonds is 8. The molecule has 0 unspecified atom stereocenters. The van der Waals surface area contributed by atoms with Gasteiger partial charge in [-0.3, -0.25) is 15.0 Å². The number of amides is 2. The van der Waals surface area contributed by atoms with E-state index in [9.17, 15) is 9.59 Å². The molecule has 0 saturated carbocycles. The average molecular weight is 519 g/mol. The molecule has 0 spiro atoms. The van der Waals surface area contributed by atoms with Gasteiger partial charge in [0.2, 0.25) is 5.91 Å². The van der Waals surface area contributed by atoms with E-state index >= 15 is 0 Å². The number of hydrogen-bond donors (Lipinski definition) is 2. The van der Waals surface area contributed by atoms with Crippen LogP contribution >= 0.6 is 12.6 Å². The van der Waals surface area contributed by atoms with Gasteiger partial charge in [-0.2, -0.15) is 12.6 Å². The van der Waals surface area contributed by atoms with Crippen LogP contribution in [0.4, 0.5) is 5.69 Å². The molecule has 2 amide bonds. The van der Waals surface area contributed by atoms with E-state index in [1.807, 2.05) is 39.8 Å². The summed E-state index contributed by atoms with van der Waals surface area (Å²) in [7, 11) is 1.67. The van der Waals surface area contributed by atoms with Crippen molar-refractivity contribution in [2.75, 3.05) is 11.6 Å². The van der Waals surface area contributed by atoms with Crippen LogP contribution in [0.2, 0.25) is 0 Å². The molecule has 4 rings (SSSR count). The number of aryl methyl sites for hydroxylation is 1. The fraction of sp³-hybridized carbons (Fsp3) is 0.379. The Balaban J connectivity index is 0.000000220. The van der Waals surface area contributed by atoms with Crippen molar-refractivity contribution < 1.29 is 19.0 Å². The van der Waals surface area contributed by atoms with Crippen LogP contribution in [0, 0.1) is 6.92 Å². The van der Waals surface area contributed by atoms with E-state index < -0.39 is 5.60 Å². The van der Waals surface area contributed by atoms with Gasteiger partial charge in [0, 0.05) is 10.1 Å². The zero-order valence-corrected chi connectivity index (χ0v) is 23.4. The van der Waals surface area contributed by atoms with E-state index in [0.29, 0.717) is 5.69 Å². The Morgan fingerprint density at radius 1 is 0.973 bits per heavy atom. The Morgan fingerprint density at radius 3 is 2.19 bits per heavy atom. The molecule has 1 saturated heterocycles. The summed E-state index contributed by atoms with van der Waals surface area (Å²) in [4.78, 5) is 22.8. The van der Waals surface area contributed by atoms with Crippen LogP contribution in [0.1, 0.15) is 53.0 Å². The zero-order valence-electron chi connectivity index (χ0n) is 22.5. The molecule has 1 fully saturated rings. The lowest BCUT2D eigenvalue weighted by molar-refractivity contribution is -0.122. The van der Waals surface area contributed by atoms with Crippen LogP contribution in [0.3, 0.4) is 0 Å². The third-order valence-corrected chi connectivity index (χ3v) is 7.01. The predicted molar refractivity (Wildman–Crippen MR) is 155 cm³/mol. The van der Waals surface area contributed by atoms with Gasteiger partial charge < -0.3 is 9.39 Å². The number of nitrogens with one attached hydrogen (secondary N) is 1. The van der Waals surface area contributed by atoms with Crippen molar-refractivity contribution in [2.45, 2.75) is 64.7 Å². The molecule has 6 nitrogen and oxygen atoms in total. The van der Waals surface area contributed by atoms with Gasteiger partial charge in [0.25, 0.3) is 5.91 Å². The number of nitrogens with zero attached hydrogens (tertiary/aromatic N) is 1. The molecule has 0 atom stereocenters. The minimum atomic E-state index is -0.437. The molecule has 37 heavy (non-hydrogen) atoms. The molecule has 3 aromatic rings. The van der Waals surface area contributed by atoms with Gasteiger partial charge >= 0.3 is 7.48 Å². The fourth-order valence-electron chi connectivity index (χ4n) is 3.47. The van der Waals surface area contributed by atoms with Crippen molar-refractivity contribution in [3.05, 3.63) is 66.2 Å². The molecule has 0 aromatic heterocycles. The smallest absolute Gasteiger partial charge is 0.330 e. The maximum Gasteiger partial charge on any atom is 0.330 e. The monoisotopic (exact) mass is 519 g/mol. The first-order valence-electron chi connectivity index (χ1n) is 12.5. The molecular weight excluding hydrogens is 483 g/mol. The Morgan fingerprint density at radius 2 is 1.62 bits per heavy atom. The van der Waals surface area contributed by atoms with Crippen molar-refractivity contribution >= 4 is 53.8 Å². The summed E-state index contributed by atoms with van der Waals surface area (Å²) >= 11 is 4.55. The number of hydrazine groups is 1. The second kappa shape index (κ2) is 12.1. The molecule has 3 aromatic carbocycles. The minimum Gasteiger partial charge on any atom is -0.493 e. The third-order valence-electron chi connectivity index (χ3n) is 6.48. The average Bonchev–Trinajstić information content (AvgIpc) is 3.20. The summed E-state index contributed by atoms with van der Waals surface area (Å²) in [5.74, 6) is 0.454. The molecular formula is C29H36BN2O4S. The second-order valence-corrected chi connectivity index (χ2v) is 11.2. The maximum atomic E-state index is 11.6. The van der Waals surface area contributed by atoms with E-state index in [-0.39, 0.29) is 23.0 Å². The summed E-state index contributed by atoms with van der Waals surface area (Å²) in [5, 5.41) is 3.75. The van der Waals surface area contributed by atoms with Crippen molar-refractivity contribution in [1.29, 1.82) is 0 Å². The van der Waals surface area contributed by atoms with Gasteiger partial charge in [0.05, 0.1) is 17.9 Å². The number of fused-ring (bicyclic) bond motifs is 1. The van der Waals surface area contributed by atoms with Gasteiger partial charge in [-0.15, -0.1) is 0 Å². The lowest BCUT2D eigenvalue weighted by atomic mass is 9.84. The topological polar surface area (TPSA) is 67.9 Å². The van der Waals surface area contributed by atoms with Crippen LogP contribution in [0.5, 0.6) is 5.75 Å². The Hall–Kier alpha value is -2.97. The number of anilines is 1. The summed E-state index contributed by atoms with van der Waals surface area (Å²) in [5.41, 5.74) is 4.87. The third kappa shape index (κ3) is 7.30. The van der Waals surface area contributed by atoms with Crippen LogP contribution in [0.25, 0.3) is 10.8 Å². The van der Waals surface area contributed by atoms with Gasteiger partial charge in [-0.1, -0.05) is 54.9 Å². The highest BCUT2D eigenvalue weighted by molar-refractivity contribution is 7.81. The second-order valence-electron chi connectivity index (χ2n) is 10.1. The van der Waals surface area contributed by atoms with Crippen molar-refractivity contribution in [2.24, 2.45) is 0 Å². The number of thiol groups is 1. The lowest BCUT2D eigenvalue weighted by Crippen LogP contribution is -2.45. The molecule has 8 heteroatoms. The fourth-order valence-corrected chi connectivity index (χ4v) is 3.53. The molecule has 1 heterocycles. The van der Waals surface area contributed by atoms with Crippen LogP contribution in [0.15, 0.2) is 60.7 Å². The van der Waals surface area contributed by atoms with Crippen LogP contribution in [-0.2, 0) is 14.2 Å². The summed E-state index contributed by atoms with van der Waals surface area (Å²) in [6.07, 6.45) is 0.935. The Bertz CT molecular complexity index is 1240. The molecule has 0 bridgehead atoms. The summed E-state index contributed by atoms with van der Waals surface area (Å²) < 4.78 is 11.3. The SMILES string of the molecule is CC(C)(S)C(C)(C)O[B]c1ccc(N2NC(=O)CC2=O)cc1.CCCOc1ccc(C)c2ccccc12. The van der Waals surface area contributed by atoms with E-state index in [2.05, 4.69) is 68.3 Å². The first kappa shape index (κ1) is 28.6. The van der Waals surface area contributed by atoms with E-state index in [0.717, 1.165) is 24.2 Å². The highest BCUT2D eigenvalue weighted by Gasteiger charge is 2.34. The van der Waals surface area contributed by atoms with Crippen LogP contribution < -0.4 is 20.6 Å². The Labute approximate surface area is 226 Å². The summed E-state index contributed by atoms with van der Waals surface area (Å²) in [6, 6.07) is 19.7. The van der Waals surface area contributed by atoms with E-state index in [4.69, 9.17) is 9.39 Å². The highest BCUT2D eigenvalue weighted by Crippen LogP contribution is 2.30. The predicted octanol–water partition coefficient (Wildman–Crippen LogP) is 5.14. The number of carbonyl (C=O) groups excluding carboxylic acids is 2. The molecule has 0 aliphatic carbocycles. The minimum absolute atomic E-state index is 0.109. The lowest BCUT2D eigenvalue weighted by Gasteiger charge is -2.38. The standard InChI is InChI=1S/C15H20BN2O3S.C14H16O/c1-14(2,15(3,4)22)21-16-10-5-7-11(8-6-10)18-13(20)9-12(19)17-18;1-3-10-15-14-9-8-11(2)12-6-4-5-7-13(12)14/h5-8,22H,9H2,1-4H3,(H,17,19);4-9H,3,10H2,1-2H3. The van der Waals surface area contributed by atoms with Crippen LogP contribution in [-0.4, -0.2) is 36.3 Å². The molecule has 195 valence electrons. The first-order chi connectivity index (χ1) is 17.4.